The van der Waals surface area contributed by atoms with Gasteiger partial charge < -0.3 is 14.2 Å². The molecule has 4 atom stereocenters. The van der Waals surface area contributed by atoms with E-state index in [1.165, 1.54) is 0 Å². The van der Waals surface area contributed by atoms with Crippen LogP contribution < -0.4 is 0 Å². The predicted molar refractivity (Wildman–Crippen MR) is 117 cm³/mol. The summed E-state index contributed by atoms with van der Waals surface area (Å²) >= 11 is 0. The van der Waals surface area contributed by atoms with Crippen molar-refractivity contribution in [3.8, 4) is 0 Å². The molecule has 2 aromatic rings. The van der Waals surface area contributed by atoms with Gasteiger partial charge in [0.25, 0.3) is 0 Å². The molecule has 0 spiro atoms. The van der Waals surface area contributed by atoms with E-state index in [-0.39, 0.29) is 42.3 Å². The fourth-order valence-corrected chi connectivity index (χ4v) is 4.81. The van der Waals surface area contributed by atoms with Crippen LogP contribution in [-0.2, 0) is 19.0 Å². The summed E-state index contributed by atoms with van der Waals surface area (Å²) in [6.07, 6.45) is 4.97. The highest BCUT2D eigenvalue weighted by Crippen LogP contribution is 2.49. The highest BCUT2D eigenvalue weighted by molar-refractivity contribution is 5.95. The molecule has 0 bridgehead atoms. The van der Waals surface area contributed by atoms with Gasteiger partial charge in [-0.15, -0.1) is 0 Å². The highest BCUT2D eigenvalue weighted by Gasteiger charge is 2.61. The van der Waals surface area contributed by atoms with Crippen molar-refractivity contribution in [1.82, 2.24) is 0 Å². The first-order chi connectivity index (χ1) is 14.9. The average molecular weight is 418 g/mol. The molecule has 2 fully saturated rings. The van der Waals surface area contributed by atoms with Crippen molar-refractivity contribution in [2.45, 2.75) is 50.4 Å². The van der Waals surface area contributed by atoms with Crippen LogP contribution in [0, 0.1) is 5.92 Å². The van der Waals surface area contributed by atoms with Crippen molar-refractivity contribution in [3.05, 3.63) is 71.8 Å². The largest absolute Gasteiger partial charge is 0.458 e. The molecule has 5 heteroatoms. The number of hydrogen-bond acceptors (Lipinski definition) is 5. The van der Waals surface area contributed by atoms with Gasteiger partial charge in [0, 0.05) is 11.5 Å². The first-order valence-corrected chi connectivity index (χ1v) is 10.9. The molecule has 0 aromatic heterocycles. The molecule has 2 heterocycles. The molecule has 5 rings (SSSR count). The third-order valence-electron chi connectivity index (χ3n) is 6.81. The molecule has 2 aliphatic heterocycles. The van der Waals surface area contributed by atoms with Crippen molar-refractivity contribution in [1.29, 1.82) is 0 Å². The molecule has 3 aliphatic rings. The summed E-state index contributed by atoms with van der Waals surface area (Å²) in [6.45, 7) is 6.26. The maximum absolute atomic E-state index is 12.6. The lowest BCUT2D eigenvalue weighted by Crippen LogP contribution is -2.29. The number of fused-ring (bicyclic) bond motifs is 4. The zero-order valence-electron chi connectivity index (χ0n) is 17.6. The molecular formula is C26H26O5. The minimum Gasteiger partial charge on any atom is -0.458 e. The molecular weight excluding hydrogens is 392 g/mol. The Morgan fingerprint density at radius 3 is 2.87 bits per heavy atom. The molecule has 0 saturated carbocycles. The summed E-state index contributed by atoms with van der Waals surface area (Å²) in [5, 5.41) is 2.10. The van der Waals surface area contributed by atoms with Gasteiger partial charge in [-0.25, -0.2) is 9.59 Å². The summed E-state index contributed by atoms with van der Waals surface area (Å²) in [7, 11) is 0. The summed E-state index contributed by atoms with van der Waals surface area (Å²) in [5.41, 5.74) is 1.86. The van der Waals surface area contributed by atoms with Crippen LogP contribution in [0.25, 0.3) is 10.8 Å². The lowest BCUT2D eigenvalue weighted by molar-refractivity contribution is -0.140. The van der Waals surface area contributed by atoms with Crippen LogP contribution in [0.1, 0.15) is 43.0 Å². The third-order valence-corrected chi connectivity index (χ3v) is 6.81. The van der Waals surface area contributed by atoms with E-state index in [4.69, 9.17) is 14.2 Å². The third kappa shape index (κ3) is 3.79. The Bertz CT molecular complexity index is 1100. The van der Waals surface area contributed by atoms with Gasteiger partial charge in [-0.05, 0) is 61.1 Å². The number of rotatable bonds is 3. The van der Waals surface area contributed by atoms with Crippen molar-refractivity contribution in [2.24, 2.45) is 5.92 Å². The van der Waals surface area contributed by atoms with E-state index in [2.05, 4.69) is 19.6 Å². The molecule has 160 valence electrons. The van der Waals surface area contributed by atoms with Gasteiger partial charge in [-0.1, -0.05) is 43.0 Å². The smallest absolute Gasteiger partial charge is 0.338 e. The molecule has 2 aromatic carbocycles. The van der Waals surface area contributed by atoms with Crippen LogP contribution in [0.2, 0.25) is 0 Å². The molecule has 0 N–H and O–H groups in total. The predicted octanol–water partition coefficient (Wildman–Crippen LogP) is 4.75. The summed E-state index contributed by atoms with van der Waals surface area (Å²) < 4.78 is 17.2. The van der Waals surface area contributed by atoms with E-state index in [1.54, 1.807) is 6.07 Å². The Balaban J connectivity index is 1.28. The molecule has 0 unspecified atom stereocenters. The monoisotopic (exact) mass is 418 g/mol. The van der Waals surface area contributed by atoms with Gasteiger partial charge >= 0.3 is 11.9 Å². The van der Waals surface area contributed by atoms with Crippen LogP contribution in [0.15, 0.2) is 66.3 Å². The van der Waals surface area contributed by atoms with E-state index in [0.29, 0.717) is 11.1 Å². The van der Waals surface area contributed by atoms with E-state index in [9.17, 15) is 9.59 Å². The number of allylic oxidation sites excluding steroid dienone is 1. The normalized spacial score (nSPS) is 30.1. The second-order valence-electron chi connectivity index (χ2n) is 8.93. The Labute approximate surface area is 181 Å². The van der Waals surface area contributed by atoms with Gasteiger partial charge in [0.05, 0.1) is 11.2 Å². The lowest BCUT2D eigenvalue weighted by Gasteiger charge is -2.20. The lowest BCUT2D eigenvalue weighted by atomic mass is 9.84. The van der Waals surface area contributed by atoms with Gasteiger partial charge in [0.15, 0.2) is 0 Å². The van der Waals surface area contributed by atoms with Crippen molar-refractivity contribution in [2.75, 3.05) is 6.61 Å². The topological polar surface area (TPSA) is 65.1 Å². The second-order valence-corrected chi connectivity index (χ2v) is 8.93. The summed E-state index contributed by atoms with van der Waals surface area (Å²) in [4.78, 5) is 24.7. The summed E-state index contributed by atoms with van der Waals surface area (Å²) in [5.74, 6) is -0.708. The van der Waals surface area contributed by atoms with Gasteiger partial charge in [-0.3, -0.25) is 0 Å². The van der Waals surface area contributed by atoms with Crippen molar-refractivity contribution >= 4 is 22.7 Å². The molecule has 2 saturated heterocycles. The van der Waals surface area contributed by atoms with Crippen LogP contribution >= 0.6 is 0 Å². The maximum atomic E-state index is 12.6. The van der Waals surface area contributed by atoms with E-state index < -0.39 is 0 Å². The minimum absolute atomic E-state index is 0.0543. The van der Waals surface area contributed by atoms with Crippen LogP contribution in [-0.4, -0.2) is 36.4 Å². The fraction of sp³-hybridized carbons (Fsp3) is 0.385. The average Bonchev–Trinajstić information content (AvgIpc) is 3.37. The van der Waals surface area contributed by atoms with Crippen LogP contribution in [0.3, 0.4) is 0 Å². The van der Waals surface area contributed by atoms with Crippen LogP contribution in [0.4, 0.5) is 0 Å². The van der Waals surface area contributed by atoms with Crippen molar-refractivity contribution in [3.63, 3.8) is 0 Å². The Morgan fingerprint density at radius 1 is 1.23 bits per heavy atom. The SMILES string of the molecule is C=C1C(=O)O[C@H]2[C@H]1CCC(COC(=O)c1ccc3ccccc3c1)=CCC[C@@]1(C)O[C@@H]21. The minimum atomic E-state index is -0.331. The number of epoxide rings is 1. The number of ether oxygens (including phenoxy) is 3. The Hall–Kier alpha value is -2.92. The first-order valence-electron chi connectivity index (χ1n) is 10.9. The number of hydrogen-bond donors (Lipinski definition) is 0. The number of esters is 2. The zero-order chi connectivity index (χ0) is 21.6. The molecule has 1 aliphatic carbocycles. The van der Waals surface area contributed by atoms with E-state index in [0.717, 1.165) is 42.0 Å². The standard InChI is InChI=1S/C26H26O5/c1-16-21-12-9-17(6-5-13-26(2)23(31-26)22(21)30-24(16)27)15-29-25(28)20-11-10-18-7-3-4-8-19(18)14-20/h3-4,6-8,10-11,14,21-23H,1,5,9,12-13,15H2,2H3/t21-,22-,23-,26+/m0/s1. The quantitative estimate of drug-likeness (QED) is 0.311. The van der Waals surface area contributed by atoms with Crippen molar-refractivity contribution < 1.29 is 23.8 Å². The zero-order valence-corrected chi connectivity index (χ0v) is 17.6. The Morgan fingerprint density at radius 2 is 2.03 bits per heavy atom. The fourth-order valence-electron chi connectivity index (χ4n) is 4.81. The first kappa shape index (κ1) is 20.0. The Kier molecular flexibility index (Phi) is 4.94. The summed E-state index contributed by atoms with van der Waals surface area (Å²) in [6, 6.07) is 13.5. The molecule has 5 nitrogen and oxygen atoms in total. The number of benzene rings is 2. The van der Waals surface area contributed by atoms with Gasteiger partial charge in [0.1, 0.15) is 18.8 Å². The van der Waals surface area contributed by atoms with Gasteiger partial charge in [-0.2, -0.15) is 0 Å². The highest BCUT2D eigenvalue weighted by atomic mass is 16.6. The van der Waals surface area contributed by atoms with E-state index >= 15 is 0 Å². The van der Waals surface area contributed by atoms with E-state index in [1.807, 2.05) is 36.4 Å². The van der Waals surface area contributed by atoms with Crippen LogP contribution in [0.5, 0.6) is 0 Å². The molecule has 0 radical (unpaired) electrons. The van der Waals surface area contributed by atoms with Gasteiger partial charge in [0.2, 0.25) is 0 Å². The second kappa shape index (κ2) is 7.65. The number of carbonyl (C=O) groups excluding carboxylic acids is 2. The number of carbonyl (C=O) groups is 2. The molecule has 0 amide bonds. The molecule has 31 heavy (non-hydrogen) atoms. The maximum Gasteiger partial charge on any atom is 0.338 e.